The maximum Gasteiger partial charge on any atom is 0.241 e. The lowest BCUT2D eigenvalue weighted by Crippen LogP contribution is -2.48. The molecule has 1 aromatic carbocycles. The minimum atomic E-state index is -3.43. The minimum Gasteiger partial charge on any atom is -0.311 e. The van der Waals surface area contributed by atoms with Crippen LogP contribution in [0.4, 0.5) is 0 Å². The van der Waals surface area contributed by atoms with Crippen LogP contribution in [0.3, 0.4) is 0 Å². The zero-order chi connectivity index (χ0) is 14.3. The highest BCUT2D eigenvalue weighted by Crippen LogP contribution is 2.28. The molecule has 2 unspecified atom stereocenters. The van der Waals surface area contributed by atoms with Crippen molar-refractivity contribution in [1.82, 2.24) is 10.0 Å². The Morgan fingerprint density at radius 3 is 2.50 bits per heavy atom. The van der Waals surface area contributed by atoms with Crippen molar-refractivity contribution in [2.24, 2.45) is 0 Å². The molecule has 2 fully saturated rings. The van der Waals surface area contributed by atoms with Gasteiger partial charge in [0.05, 0.1) is 4.90 Å². The number of rotatable bonds is 3. The van der Waals surface area contributed by atoms with E-state index in [4.69, 9.17) is 0 Å². The number of aryl methyl sites for hydroxylation is 1. The summed E-state index contributed by atoms with van der Waals surface area (Å²) in [6.07, 6.45) is 4.12. The molecule has 1 aromatic rings. The van der Waals surface area contributed by atoms with E-state index < -0.39 is 10.0 Å². The highest BCUT2D eigenvalue weighted by molar-refractivity contribution is 9.10. The third kappa shape index (κ3) is 2.93. The van der Waals surface area contributed by atoms with Crippen molar-refractivity contribution in [3.05, 3.63) is 28.2 Å². The van der Waals surface area contributed by atoms with Crippen LogP contribution in [-0.2, 0) is 10.0 Å². The average molecular weight is 359 g/mol. The molecule has 0 amide bonds. The van der Waals surface area contributed by atoms with Gasteiger partial charge in [-0.2, -0.15) is 0 Å². The van der Waals surface area contributed by atoms with Gasteiger partial charge >= 0.3 is 0 Å². The predicted molar refractivity (Wildman–Crippen MR) is 82.2 cm³/mol. The van der Waals surface area contributed by atoms with Crippen molar-refractivity contribution in [2.75, 3.05) is 0 Å². The first-order valence-corrected chi connectivity index (χ1v) is 9.26. The SMILES string of the molecule is Cc1cc(Br)ccc1S(=O)(=O)NC1CC2CCC(C1)N2. The third-order valence-electron chi connectivity index (χ3n) is 4.22. The van der Waals surface area contributed by atoms with E-state index in [9.17, 15) is 8.42 Å². The standard InChI is InChI=1S/C14H19BrN2O2S/c1-9-6-10(15)2-5-14(9)20(18,19)17-13-7-11-3-4-12(8-13)16-11/h2,5-6,11-13,16-17H,3-4,7-8H2,1H3. The zero-order valence-corrected chi connectivity index (χ0v) is 13.8. The van der Waals surface area contributed by atoms with Crippen LogP contribution in [0, 0.1) is 6.92 Å². The summed E-state index contributed by atoms with van der Waals surface area (Å²) in [5, 5.41) is 3.52. The number of sulfonamides is 1. The Morgan fingerprint density at radius 2 is 1.90 bits per heavy atom. The van der Waals surface area contributed by atoms with Gasteiger partial charge in [0.1, 0.15) is 0 Å². The van der Waals surface area contributed by atoms with Crippen molar-refractivity contribution in [2.45, 2.75) is 55.6 Å². The van der Waals surface area contributed by atoms with Crippen LogP contribution in [0.15, 0.2) is 27.6 Å². The number of hydrogen-bond donors (Lipinski definition) is 2. The molecule has 0 radical (unpaired) electrons. The lowest BCUT2D eigenvalue weighted by atomic mass is 10.0. The van der Waals surface area contributed by atoms with E-state index in [1.54, 1.807) is 12.1 Å². The molecule has 0 aromatic heterocycles. The fourth-order valence-corrected chi connectivity index (χ4v) is 5.31. The normalized spacial score (nSPS) is 29.6. The van der Waals surface area contributed by atoms with E-state index >= 15 is 0 Å². The first-order valence-electron chi connectivity index (χ1n) is 6.98. The molecule has 0 aliphatic carbocycles. The van der Waals surface area contributed by atoms with Crippen LogP contribution in [0.1, 0.15) is 31.2 Å². The van der Waals surface area contributed by atoms with Crippen molar-refractivity contribution in [3.63, 3.8) is 0 Å². The molecule has 4 nitrogen and oxygen atoms in total. The number of halogens is 1. The molecule has 2 bridgehead atoms. The summed E-state index contributed by atoms with van der Waals surface area (Å²) in [5.41, 5.74) is 0.767. The Kier molecular flexibility index (Phi) is 3.92. The molecule has 110 valence electrons. The molecule has 2 heterocycles. The molecule has 2 saturated heterocycles. The van der Waals surface area contributed by atoms with Crippen LogP contribution < -0.4 is 10.0 Å². The van der Waals surface area contributed by atoms with E-state index in [1.807, 2.05) is 13.0 Å². The number of hydrogen-bond acceptors (Lipinski definition) is 3. The van der Waals surface area contributed by atoms with Gasteiger partial charge in [-0.3, -0.25) is 0 Å². The second-order valence-electron chi connectivity index (χ2n) is 5.84. The van der Waals surface area contributed by atoms with Crippen LogP contribution in [-0.4, -0.2) is 26.5 Å². The highest BCUT2D eigenvalue weighted by Gasteiger charge is 2.35. The fraction of sp³-hybridized carbons (Fsp3) is 0.571. The number of fused-ring (bicyclic) bond motifs is 2. The zero-order valence-electron chi connectivity index (χ0n) is 11.4. The summed E-state index contributed by atoms with van der Waals surface area (Å²) in [4.78, 5) is 0.381. The van der Waals surface area contributed by atoms with Crippen molar-refractivity contribution in [1.29, 1.82) is 0 Å². The Balaban J connectivity index is 1.78. The van der Waals surface area contributed by atoms with E-state index in [-0.39, 0.29) is 6.04 Å². The van der Waals surface area contributed by atoms with Gasteiger partial charge < -0.3 is 5.32 Å². The summed E-state index contributed by atoms with van der Waals surface area (Å²) >= 11 is 3.36. The fourth-order valence-electron chi connectivity index (χ4n) is 3.35. The quantitative estimate of drug-likeness (QED) is 0.871. The van der Waals surface area contributed by atoms with Crippen molar-refractivity contribution >= 4 is 26.0 Å². The van der Waals surface area contributed by atoms with Crippen molar-refractivity contribution in [3.8, 4) is 0 Å². The first-order chi connectivity index (χ1) is 9.44. The van der Waals surface area contributed by atoms with Gasteiger partial charge in [0, 0.05) is 22.6 Å². The summed E-state index contributed by atoms with van der Waals surface area (Å²) in [6, 6.07) is 6.29. The molecular formula is C14H19BrN2O2S. The second-order valence-corrected chi connectivity index (χ2v) is 8.44. The van der Waals surface area contributed by atoms with E-state index in [0.29, 0.717) is 17.0 Å². The maximum absolute atomic E-state index is 12.5. The molecule has 2 N–H and O–H groups in total. The van der Waals surface area contributed by atoms with E-state index in [0.717, 1.165) is 22.9 Å². The largest absolute Gasteiger partial charge is 0.311 e. The monoisotopic (exact) mass is 358 g/mol. The number of nitrogens with one attached hydrogen (secondary N) is 2. The number of piperidine rings is 1. The molecular weight excluding hydrogens is 340 g/mol. The maximum atomic E-state index is 12.5. The third-order valence-corrected chi connectivity index (χ3v) is 6.40. The smallest absolute Gasteiger partial charge is 0.241 e. The van der Waals surface area contributed by atoms with Crippen LogP contribution >= 0.6 is 15.9 Å². The Labute approximate surface area is 128 Å². The van der Waals surface area contributed by atoms with E-state index in [2.05, 4.69) is 26.0 Å². The second kappa shape index (κ2) is 5.40. The number of benzene rings is 1. The minimum absolute atomic E-state index is 0.0572. The van der Waals surface area contributed by atoms with Gasteiger partial charge in [-0.25, -0.2) is 13.1 Å². The summed E-state index contributed by atoms with van der Waals surface area (Å²) in [6.45, 7) is 1.82. The van der Waals surface area contributed by atoms with Gasteiger partial charge in [-0.05, 0) is 56.4 Å². The topological polar surface area (TPSA) is 58.2 Å². The van der Waals surface area contributed by atoms with Gasteiger partial charge in [0.2, 0.25) is 10.0 Å². The summed E-state index contributed by atoms with van der Waals surface area (Å²) in [7, 11) is -3.43. The lowest BCUT2D eigenvalue weighted by molar-refractivity contribution is 0.345. The predicted octanol–water partition coefficient (Wildman–Crippen LogP) is 2.32. The Hall–Kier alpha value is -0.430. The Morgan fingerprint density at radius 1 is 1.25 bits per heavy atom. The average Bonchev–Trinajstić information content (AvgIpc) is 2.67. The lowest BCUT2D eigenvalue weighted by Gasteiger charge is -2.29. The van der Waals surface area contributed by atoms with Gasteiger partial charge in [-0.1, -0.05) is 15.9 Å². The molecule has 2 atom stereocenters. The van der Waals surface area contributed by atoms with Crippen LogP contribution in [0.5, 0.6) is 0 Å². The molecule has 20 heavy (non-hydrogen) atoms. The van der Waals surface area contributed by atoms with Crippen LogP contribution in [0.25, 0.3) is 0 Å². The molecule has 6 heteroatoms. The molecule has 3 rings (SSSR count). The van der Waals surface area contributed by atoms with Crippen molar-refractivity contribution < 1.29 is 8.42 Å². The molecule has 0 spiro atoms. The molecule has 2 aliphatic heterocycles. The highest BCUT2D eigenvalue weighted by atomic mass is 79.9. The summed E-state index contributed by atoms with van der Waals surface area (Å²) < 4.78 is 28.8. The molecule has 2 aliphatic rings. The first kappa shape index (κ1) is 14.5. The van der Waals surface area contributed by atoms with Gasteiger partial charge in [-0.15, -0.1) is 0 Å². The molecule has 0 saturated carbocycles. The van der Waals surface area contributed by atoms with Gasteiger partial charge in [0.15, 0.2) is 0 Å². The Bertz CT molecular complexity index is 606. The van der Waals surface area contributed by atoms with Crippen LogP contribution in [0.2, 0.25) is 0 Å². The van der Waals surface area contributed by atoms with E-state index in [1.165, 1.54) is 12.8 Å². The summed E-state index contributed by atoms with van der Waals surface area (Å²) in [5.74, 6) is 0. The van der Waals surface area contributed by atoms with Gasteiger partial charge in [0.25, 0.3) is 0 Å².